The molecule has 24 heavy (non-hydrogen) atoms. The van der Waals surface area contributed by atoms with Gasteiger partial charge in [0.15, 0.2) is 0 Å². The number of methoxy groups -OCH3 is 2. The number of carbonyl (C=O) groups is 1. The van der Waals surface area contributed by atoms with Gasteiger partial charge in [-0.3, -0.25) is 4.79 Å². The molecule has 1 aliphatic rings. The second kappa shape index (κ2) is 7.14. The van der Waals surface area contributed by atoms with Crippen LogP contribution >= 0.6 is 11.6 Å². The lowest BCUT2D eigenvalue weighted by molar-refractivity contribution is 0.0932. The van der Waals surface area contributed by atoms with E-state index >= 15 is 0 Å². The van der Waals surface area contributed by atoms with E-state index in [4.69, 9.17) is 21.1 Å². The lowest BCUT2D eigenvalue weighted by Gasteiger charge is -2.27. The van der Waals surface area contributed by atoms with Crippen molar-refractivity contribution >= 4 is 17.5 Å². The Hall–Kier alpha value is -2.20. The number of aryl methyl sites for hydroxylation is 1. The molecule has 0 heterocycles. The van der Waals surface area contributed by atoms with Crippen molar-refractivity contribution < 1.29 is 14.3 Å². The topological polar surface area (TPSA) is 47.6 Å². The molecule has 3 rings (SSSR count). The van der Waals surface area contributed by atoms with Crippen LogP contribution in [0, 0.1) is 0 Å². The molecule has 4 nitrogen and oxygen atoms in total. The second-order valence-electron chi connectivity index (χ2n) is 5.83. The quantitative estimate of drug-likeness (QED) is 0.904. The Morgan fingerprint density at radius 2 is 2.00 bits per heavy atom. The zero-order valence-electron chi connectivity index (χ0n) is 13.8. The van der Waals surface area contributed by atoms with Crippen LogP contribution in [0.5, 0.6) is 11.5 Å². The summed E-state index contributed by atoms with van der Waals surface area (Å²) in [7, 11) is 3.21. The minimum Gasteiger partial charge on any atom is -0.497 e. The zero-order valence-corrected chi connectivity index (χ0v) is 14.5. The Morgan fingerprint density at radius 1 is 1.17 bits per heavy atom. The number of carbonyl (C=O) groups excluding carboxylic acids is 1. The fraction of sp³-hybridized carbons (Fsp3) is 0.316. The third-order valence-electron chi connectivity index (χ3n) is 4.38. The van der Waals surface area contributed by atoms with Crippen LogP contribution < -0.4 is 14.8 Å². The van der Waals surface area contributed by atoms with Crippen LogP contribution in [0.25, 0.3) is 0 Å². The van der Waals surface area contributed by atoms with Gasteiger partial charge in [-0.25, -0.2) is 0 Å². The number of amides is 1. The third-order valence-corrected chi connectivity index (χ3v) is 4.68. The number of nitrogens with one attached hydrogen (secondary N) is 1. The van der Waals surface area contributed by atoms with Gasteiger partial charge < -0.3 is 14.8 Å². The smallest absolute Gasteiger partial charge is 0.251 e. The molecule has 0 aromatic heterocycles. The molecule has 0 spiro atoms. The van der Waals surface area contributed by atoms with E-state index < -0.39 is 0 Å². The normalized spacial score (nSPS) is 16.2. The maximum absolute atomic E-state index is 12.6. The molecule has 1 N–H and O–H groups in total. The zero-order chi connectivity index (χ0) is 17.1. The maximum Gasteiger partial charge on any atom is 0.251 e. The third kappa shape index (κ3) is 3.34. The lowest BCUT2D eigenvalue weighted by Crippen LogP contribution is -2.31. The summed E-state index contributed by atoms with van der Waals surface area (Å²) in [5.74, 6) is 1.28. The van der Waals surface area contributed by atoms with Gasteiger partial charge in [-0.2, -0.15) is 0 Å². The first-order chi connectivity index (χ1) is 11.6. The van der Waals surface area contributed by atoms with Gasteiger partial charge in [0.1, 0.15) is 11.5 Å². The number of ether oxygens (including phenoxy) is 2. The van der Waals surface area contributed by atoms with Crippen LogP contribution in [-0.2, 0) is 6.42 Å². The lowest BCUT2D eigenvalue weighted by atomic mass is 9.87. The molecule has 5 heteroatoms. The summed E-state index contributed by atoms with van der Waals surface area (Å²) in [6.45, 7) is 0. The van der Waals surface area contributed by atoms with E-state index in [1.807, 2.05) is 12.1 Å². The van der Waals surface area contributed by atoms with Crippen molar-refractivity contribution in [3.05, 3.63) is 58.1 Å². The van der Waals surface area contributed by atoms with Crippen molar-refractivity contribution in [2.24, 2.45) is 0 Å². The number of fused-ring (bicyclic) bond motifs is 1. The molecule has 0 unspecified atom stereocenters. The van der Waals surface area contributed by atoms with Gasteiger partial charge in [-0.05, 0) is 60.7 Å². The molecule has 0 radical (unpaired) electrons. The molecule has 0 fully saturated rings. The van der Waals surface area contributed by atoms with E-state index in [0.717, 1.165) is 30.6 Å². The van der Waals surface area contributed by atoms with Crippen LogP contribution in [0.15, 0.2) is 36.4 Å². The molecule has 2 aromatic rings. The van der Waals surface area contributed by atoms with Crippen molar-refractivity contribution in [2.45, 2.75) is 25.3 Å². The predicted octanol–water partition coefficient (Wildman–Crippen LogP) is 4.16. The Balaban J connectivity index is 1.80. The van der Waals surface area contributed by atoms with Gasteiger partial charge in [-0.15, -0.1) is 0 Å². The first-order valence-corrected chi connectivity index (χ1v) is 8.31. The molecule has 1 aliphatic carbocycles. The molecule has 126 valence electrons. The summed E-state index contributed by atoms with van der Waals surface area (Å²) in [6, 6.07) is 11.1. The molecule has 1 atom stereocenters. The van der Waals surface area contributed by atoms with E-state index in [1.54, 1.807) is 32.4 Å². The Bertz CT molecular complexity index is 760. The van der Waals surface area contributed by atoms with Crippen LogP contribution in [-0.4, -0.2) is 20.1 Å². The minimum absolute atomic E-state index is 0.00744. The summed E-state index contributed by atoms with van der Waals surface area (Å²) < 4.78 is 10.4. The van der Waals surface area contributed by atoms with Crippen molar-refractivity contribution in [3.8, 4) is 11.5 Å². The van der Waals surface area contributed by atoms with Crippen molar-refractivity contribution in [1.29, 1.82) is 0 Å². The van der Waals surface area contributed by atoms with Gasteiger partial charge in [-0.1, -0.05) is 17.7 Å². The average molecular weight is 346 g/mol. The van der Waals surface area contributed by atoms with E-state index in [-0.39, 0.29) is 11.9 Å². The summed E-state index contributed by atoms with van der Waals surface area (Å²) in [5, 5.41) is 3.54. The molecule has 0 saturated heterocycles. The number of hydrogen-bond acceptors (Lipinski definition) is 3. The monoisotopic (exact) mass is 345 g/mol. The Kier molecular flexibility index (Phi) is 4.95. The first kappa shape index (κ1) is 16.7. The second-order valence-corrected chi connectivity index (χ2v) is 6.24. The number of hydrogen-bond donors (Lipinski definition) is 1. The number of rotatable bonds is 4. The van der Waals surface area contributed by atoms with Crippen molar-refractivity contribution in [2.75, 3.05) is 14.2 Å². The van der Waals surface area contributed by atoms with Crippen molar-refractivity contribution in [3.63, 3.8) is 0 Å². The van der Waals surface area contributed by atoms with Gasteiger partial charge in [0, 0.05) is 5.56 Å². The minimum atomic E-state index is -0.131. The van der Waals surface area contributed by atoms with Crippen LogP contribution in [0.4, 0.5) is 0 Å². The first-order valence-electron chi connectivity index (χ1n) is 7.93. The molecular weight excluding hydrogens is 326 g/mol. The molecule has 0 bridgehead atoms. The molecule has 0 saturated carbocycles. The number of benzene rings is 2. The van der Waals surface area contributed by atoms with Crippen molar-refractivity contribution in [1.82, 2.24) is 5.32 Å². The summed E-state index contributed by atoms with van der Waals surface area (Å²) in [5.41, 5.74) is 2.93. The highest BCUT2D eigenvalue weighted by Gasteiger charge is 2.23. The predicted molar refractivity (Wildman–Crippen MR) is 94.1 cm³/mol. The van der Waals surface area contributed by atoms with E-state index in [0.29, 0.717) is 16.3 Å². The molecule has 0 aliphatic heterocycles. The Morgan fingerprint density at radius 3 is 2.71 bits per heavy atom. The summed E-state index contributed by atoms with van der Waals surface area (Å²) >= 11 is 6.11. The van der Waals surface area contributed by atoms with Gasteiger partial charge in [0.2, 0.25) is 0 Å². The average Bonchev–Trinajstić information content (AvgIpc) is 2.61. The SMILES string of the molecule is COc1ccc2c(c1)CCC[C@H]2NC(=O)c1ccc(OC)c(Cl)c1. The summed E-state index contributed by atoms with van der Waals surface area (Å²) in [6.07, 6.45) is 2.97. The van der Waals surface area contributed by atoms with Gasteiger partial charge in [0.25, 0.3) is 5.91 Å². The van der Waals surface area contributed by atoms with Gasteiger partial charge >= 0.3 is 0 Å². The van der Waals surface area contributed by atoms with E-state index in [2.05, 4.69) is 11.4 Å². The van der Waals surface area contributed by atoms with Crippen LogP contribution in [0.2, 0.25) is 5.02 Å². The maximum atomic E-state index is 12.6. The largest absolute Gasteiger partial charge is 0.497 e. The molecule has 1 amide bonds. The highest BCUT2D eigenvalue weighted by atomic mass is 35.5. The fourth-order valence-electron chi connectivity index (χ4n) is 3.12. The highest BCUT2D eigenvalue weighted by molar-refractivity contribution is 6.32. The highest BCUT2D eigenvalue weighted by Crippen LogP contribution is 2.32. The standard InChI is InChI=1S/C19H20ClNO3/c1-23-14-7-8-15-12(10-14)4-3-5-17(15)21-19(22)13-6-9-18(24-2)16(20)11-13/h6-11,17H,3-5H2,1-2H3,(H,21,22)/t17-/m1/s1. The molecular formula is C19H20ClNO3. The fourth-order valence-corrected chi connectivity index (χ4v) is 3.37. The van der Waals surface area contributed by atoms with Crippen LogP contribution in [0.1, 0.15) is 40.4 Å². The van der Waals surface area contributed by atoms with E-state index in [1.165, 1.54) is 5.56 Å². The molecule has 2 aromatic carbocycles. The van der Waals surface area contributed by atoms with Crippen LogP contribution in [0.3, 0.4) is 0 Å². The van der Waals surface area contributed by atoms with E-state index in [9.17, 15) is 4.79 Å². The Labute approximate surface area is 146 Å². The van der Waals surface area contributed by atoms with Gasteiger partial charge in [0.05, 0.1) is 25.3 Å². The summed E-state index contributed by atoms with van der Waals surface area (Å²) in [4.78, 5) is 12.6. The number of halogens is 1.